The van der Waals surface area contributed by atoms with E-state index in [0.29, 0.717) is 27.4 Å². The zero-order valence-corrected chi connectivity index (χ0v) is 19.3. The maximum atomic E-state index is 14.1. The number of urea groups is 1. The Balaban J connectivity index is 1.62. The van der Waals surface area contributed by atoms with Crippen LogP contribution in [0, 0.1) is 11.6 Å². The third kappa shape index (κ3) is 4.52. The monoisotopic (exact) mass is 492 g/mol. The van der Waals surface area contributed by atoms with Gasteiger partial charge in [-0.2, -0.15) is 4.98 Å². The first kappa shape index (κ1) is 22.7. The van der Waals surface area contributed by atoms with E-state index < -0.39 is 17.7 Å². The molecule has 5 rings (SSSR count). The largest absolute Gasteiger partial charge is 0.334 e. The van der Waals surface area contributed by atoms with Crippen molar-refractivity contribution in [1.82, 2.24) is 20.4 Å². The predicted molar refractivity (Wildman–Crippen MR) is 127 cm³/mol. The van der Waals surface area contributed by atoms with Gasteiger partial charge in [-0.1, -0.05) is 59.2 Å². The predicted octanol–water partition coefficient (Wildman–Crippen LogP) is 6.37. The molecular formula is C26H19ClF2N4O2. The van der Waals surface area contributed by atoms with Crippen molar-refractivity contribution in [3.05, 3.63) is 112 Å². The summed E-state index contributed by atoms with van der Waals surface area (Å²) in [6.45, 7) is 1.95. The Labute approximate surface area is 204 Å². The van der Waals surface area contributed by atoms with Gasteiger partial charge < -0.3 is 9.84 Å². The number of rotatable bonds is 5. The van der Waals surface area contributed by atoms with Crippen LogP contribution >= 0.6 is 11.6 Å². The van der Waals surface area contributed by atoms with Crippen LogP contribution in [0.25, 0.3) is 17.0 Å². The lowest BCUT2D eigenvalue weighted by Gasteiger charge is -2.35. The van der Waals surface area contributed by atoms with Crippen LogP contribution in [0.4, 0.5) is 13.6 Å². The van der Waals surface area contributed by atoms with Gasteiger partial charge in [0.2, 0.25) is 5.82 Å². The fourth-order valence-electron chi connectivity index (χ4n) is 4.06. The van der Waals surface area contributed by atoms with Gasteiger partial charge in [-0.15, -0.1) is 0 Å². The van der Waals surface area contributed by atoms with Crippen LogP contribution in [0.1, 0.15) is 30.0 Å². The minimum atomic E-state index is -0.749. The molecule has 176 valence electrons. The summed E-state index contributed by atoms with van der Waals surface area (Å²) in [5.41, 5.74) is 2.73. The number of carbonyl (C=O) groups excluding carboxylic acids is 1. The number of hydrogen-bond acceptors (Lipinski definition) is 4. The maximum absolute atomic E-state index is 14.1. The Morgan fingerprint density at radius 2 is 1.77 bits per heavy atom. The standard InChI is InChI=1S/C26H19ClF2N4O2/c1-15-22(25-31-24(32-35-25)17-8-5-10-20(29)13-17)23(16-7-4-9-19(28)12-16)30-26(34)33(15)14-18-6-2-3-11-21(18)27/h2-13,23H,14H2,1H3,(H,30,34). The third-order valence-corrected chi connectivity index (χ3v) is 6.17. The van der Waals surface area contributed by atoms with Crippen LogP contribution in [0.15, 0.2) is 83.0 Å². The van der Waals surface area contributed by atoms with E-state index in [-0.39, 0.29) is 24.3 Å². The molecule has 0 fully saturated rings. The summed E-state index contributed by atoms with van der Waals surface area (Å²) in [7, 11) is 0. The van der Waals surface area contributed by atoms with E-state index in [2.05, 4.69) is 15.5 Å². The SMILES string of the molecule is CC1=C(c2nc(-c3cccc(F)c3)no2)C(c2cccc(F)c2)NC(=O)N1Cc1ccccc1Cl. The van der Waals surface area contributed by atoms with Crippen LogP contribution < -0.4 is 5.32 Å². The lowest BCUT2D eigenvalue weighted by Crippen LogP contribution is -2.45. The lowest BCUT2D eigenvalue weighted by molar-refractivity contribution is 0.203. The highest BCUT2D eigenvalue weighted by molar-refractivity contribution is 6.31. The van der Waals surface area contributed by atoms with Crippen molar-refractivity contribution < 1.29 is 18.1 Å². The van der Waals surface area contributed by atoms with E-state index in [4.69, 9.17) is 16.1 Å². The number of carbonyl (C=O) groups is 1. The molecule has 1 aromatic heterocycles. The van der Waals surface area contributed by atoms with Gasteiger partial charge in [-0.05, 0) is 48.4 Å². The molecule has 35 heavy (non-hydrogen) atoms. The molecule has 0 spiro atoms. The molecule has 0 saturated carbocycles. The number of nitrogens with one attached hydrogen (secondary N) is 1. The van der Waals surface area contributed by atoms with Gasteiger partial charge in [0.25, 0.3) is 5.89 Å². The molecule has 1 N–H and O–H groups in total. The van der Waals surface area contributed by atoms with Crippen molar-refractivity contribution in [1.29, 1.82) is 0 Å². The number of benzene rings is 3. The normalized spacial score (nSPS) is 15.9. The number of allylic oxidation sites excluding steroid dienone is 1. The Morgan fingerprint density at radius 1 is 1.03 bits per heavy atom. The molecule has 1 aliphatic heterocycles. The molecule has 6 nitrogen and oxygen atoms in total. The molecule has 2 amide bonds. The summed E-state index contributed by atoms with van der Waals surface area (Å²) in [6, 6.07) is 17.8. The van der Waals surface area contributed by atoms with Gasteiger partial charge in [-0.25, -0.2) is 13.6 Å². The average molecular weight is 493 g/mol. The Kier molecular flexibility index (Phi) is 6.05. The average Bonchev–Trinajstić information content (AvgIpc) is 3.32. The summed E-state index contributed by atoms with van der Waals surface area (Å²) >= 11 is 6.33. The van der Waals surface area contributed by atoms with Crippen LogP contribution in [0.3, 0.4) is 0 Å². The number of nitrogens with zero attached hydrogens (tertiary/aromatic N) is 3. The first-order valence-electron chi connectivity index (χ1n) is 10.8. The maximum Gasteiger partial charge on any atom is 0.322 e. The Morgan fingerprint density at radius 3 is 2.51 bits per heavy atom. The van der Waals surface area contributed by atoms with Crippen molar-refractivity contribution in [3.8, 4) is 11.4 Å². The van der Waals surface area contributed by atoms with Crippen molar-refractivity contribution in [2.45, 2.75) is 19.5 Å². The molecule has 1 aliphatic rings. The second-order valence-corrected chi connectivity index (χ2v) is 8.45. The molecule has 0 aliphatic carbocycles. The van der Waals surface area contributed by atoms with Crippen LogP contribution in [0.5, 0.6) is 0 Å². The number of halogens is 3. The van der Waals surface area contributed by atoms with Crippen LogP contribution in [-0.2, 0) is 6.54 Å². The molecule has 9 heteroatoms. The Hall–Kier alpha value is -4.04. The van der Waals surface area contributed by atoms with E-state index in [1.807, 2.05) is 18.2 Å². The quantitative estimate of drug-likeness (QED) is 0.351. The summed E-state index contributed by atoms with van der Waals surface area (Å²) in [5.74, 6) is -0.566. The summed E-state index contributed by atoms with van der Waals surface area (Å²) in [5, 5.41) is 7.45. The highest BCUT2D eigenvalue weighted by atomic mass is 35.5. The van der Waals surface area contributed by atoms with Crippen LogP contribution in [-0.4, -0.2) is 21.1 Å². The van der Waals surface area contributed by atoms with Gasteiger partial charge in [0, 0.05) is 16.3 Å². The summed E-state index contributed by atoms with van der Waals surface area (Å²) < 4.78 is 33.4. The topological polar surface area (TPSA) is 71.3 Å². The molecule has 0 radical (unpaired) electrons. The number of amides is 2. The first-order valence-corrected chi connectivity index (χ1v) is 11.2. The van der Waals surface area contributed by atoms with E-state index in [1.165, 1.54) is 29.2 Å². The molecule has 3 aromatic carbocycles. The van der Waals surface area contributed by atoms with Crippen molar-refractivity contribution in [2.75, 3.05) is 0 Å². The fourth-order valence-corrected chi connectivity index (χ4v) is 4.26. The van der Waals surface area contributed by atoms with Gasteiger partial charge in [0.1, 0.15) is 11.6 Å². The molecule has 1 atom stereocenters. The minimum Gasteiger partial charge on any atom is -0.334 e. The highest BCUT2D eigenvalue weighted by Gasteiger charge is 2.36. The molecular weight excluding hydrogens is 474 g/mol. The zero-order valence-electron chi connectivity index (χ0n) is 18.5. The van der Waals surface area contributed by atoms with Crippen molar-refractivity contribution in [3.63, 3.8) is 0 Å². The van der Waals surface area contributed by atoms with E-state index in [9.17, 15) is 13.6 Å². The lowest BCUT2D eigenvalue weighted by atomic mass is 9.94. The third-order valence-electron chi connectivity index (χ3n) is 5.80. The van der Waals surface area contributed by atoms with Gasteiger partial charge >= 0.3 is 6.03 Å². The van der Waals surface area contributed by atoms with E-state index >= 15 is 0 Å². The summed E-state index contributed by atoms with van der Waals surface area (Å²) in [6.07, 6.45) is 0. The second kappa shape index (κ2) is 9.31. The molecule has 1 unspecified atom stereocenters. The number of aromatic nitrogens is 2. The van der Waals surface area contributed by atoms with Gasteiger partial charge in [0.05, 0.1) is 18.2 Å². The van der Waals surface area contributed by atoms with Gasteiger partial charge in [0.15, 0.2) is 0 Å². The Bertz CT molecular complexity index is 1450. The smallest absolute Gasteiger partial charge is 0.322 e. The fraction of sp³-hybridized carbons (Fsp3) is 0.115. The van der Waals surface area contributed by atoms with E-state index in [0.717, 1.165) is 5.56 Å². The first-order chi connectivity index (χ1) is 16.9. The van der Waals surface area contributed by atoms with Crippen LogP contribution in [0.2, 0.25) is 5.02 Å². The summed E-state index contributed by atoms with van der Waals surface area (Å²) in [4.78, 5) is 19.2. The molecule has 0 bridgehead atoms. The van der Waals surface area contributed by atoms with Crippen molar-refractivity contribution >= 4 is 23.2 Å². The van der Waals surface area contributed by atoms with Crippen molar-refractivity contribution in [2.24, 2.45) is 0 Å². The molecule has 2 heterocycles. The molecule has 0 saturated heterocycles. The second-order valence-electron chi connectivity index (χ2n) is 8.05. The van der Waals surface area contributed by atoms with Gasteiger partial charge in [-0.3, -0.25) is 4.90 Å². The zero-order chi connectivity index (χ0) is 24.5. The number of hydrogen-bond donors (Lipinski definition) is 1. The van der Waals surface area contributed by atoms with E-state index in [1.54, 1.807) is 37.3 Å². The minimum absolute atomic E-state index is 0.125. The molecule has 4 aromatic rings. The highest BCUT2D eigenvalue weighted by Crippen LogP contribution is 2.38.